The lowest BCUT2D eigenvalue weighted by molar-refractivity contribution is -0.120. The number of carbonyl (C=O) groups excluding carboxylic acids is 1. The lowest BCUT2D eigenvalue weighted by Gasteiger charge is -2.23. The average molecular weight is 358 g/mol. The fourth-order valence-corrected chi connectivity index (χ4v) is 6.05. The summed E-state index contributed by atoms with van der Waals surface area (Å²) >= 11 is 1.37. The Morgan fingerprint density at radius 1 is 1.35 bits per heavy atom. The molecule has 128 valence electrons. The Morgan fingerprint density at radius 3 is 2.91 bits per heavy atom. The lowest BCUT2D eigenvalue weighted by Crippen LogP contribution is -2.47. The Hall–Kier alpha value is -1.09. The Balaban J connectivity index is 1.57. The van der Waals surface area contributed by atoms with E-state index in [9.17, 15) is 13.2 Å². The maximum Gasteiger partial charge on any atom is 0.230 e. The zero-order valence-electron chi connectivity index (χ0n) is 13.2. The zero-order chi connectivity index (χ0) is 16.5. The molecule has 1 aromatic heterocycles. The van der Waals surface area contributed by atoms with Gasteiger partial charge >= 0.3 is 0 Å². The van der Waals surface area contributed by atoms with Crippen molar-refractivity contribution >= 4 is 27.5 Å². The third-order valence-corrected chi connectivity index (χ3v) is 7.22. The SMILES string of the molecule is C[C@@]1(NC(=O)CSc2nnc3n2CCCCC3)CCS(=O)(=O)C1. The van der Waals surface area contributed by atoms with E-state index >= 15 is 0 Å². The van der Waals surface area contributed by atoms with Gasteiger partial charge in [0.05, 0.1) is 22.8 Å². The summed E-state index contributed by atoms with van der Waals surface area (Å²) in [6.45, 7) is 2.70. The van der Waals surface area contributed by atoms with E-state index in [0.717, 1.165) is 36.8 Å². The molecule has 0 unspecified atom stereocenters. The molecule has 1 saturated heterocycles. The second-order valence-electron chi connectivity index (χ2n) is 6.60. The van der Waals surface area contributed by atoms with Gasteiger partial charge in [0.15, 0.2) is 15.0 Å². The van der Waals surface area contributed by atoms with E-state index in [4.69, 9.17) is 0 Å². The molecule has 3 heterocycles. The van der Waals surface area contributed by atoms with Crippen molar-refractivity contribution in [2.75, 3.05) is 17.3 Å². The Bertz CT molecular complexity index is 701. The van der Waals surface area contributed by atoms with Crippen LogP contribution in [-0.4, -0.2) is 51.9 Å². The van der Waals surface area contributed by atoms with Crippen molar-refractivity contribution in [2.45, 2.75) is 56.3 Å². The van der Waals surface area contributed by atoms with Gasteiger partial charge in [-0.2, -0.15) is 0 Å². The minimum atomic E-state index is -3.02. The number of fused-ring (bicyclic) bond motifs is 1. The summed E-state index contributed by atoms with van der Waals surface area (Å²) in [6.07, 6.45) is 4.86. The van der Waals surface area contributed by atoms with Gasteiger partial charge in [-0.25, -0.2) is 8.42 Å². The van der Waals surface area contributed by atoms with Crippen molar-refractivity contribution in [1.29, 1.82) is 0 Å². The summed E-state index contributed by atoms with van der Waals surface area (Å²) in [4.78, 5) is 12.2. The molecular weight excluding hydrogens is 336 g/mol. The van der Waals surface area contributed by atoms with Crippen molar-refractivity contribution in [3.63, 3.8) is 0 Å². The van der Waals surface area contributed by atoms with Crippen LogP contribution in [0.4, 0.5) is 0 Å². The van der Waals surface area contributed by atoms with Gasteiger partial charge in [-0.05, 0) is 26.2 Å². The maximum absolute atomic E-state index is 12.2. The molecule has 2 aliphatic rings. The first kappa shape index (κ1) is 16.8. The molecular formula is C14H22N4O3S2. The Labute approximate surface area is 140 Å². The first-order valence-corrected chi connectivity index (χ1v) is 10.7. The van der Waals surface area contributed by atoms with Crippen molar-refractivity contribution in [3.05, 3.63) is 5.82 Å². The maximum atomic E-state index is 12.2. The molecule has 7 nitrogen and oxygen atoms in total. The highest BCUT2D eigenvalue weighted by Gasteiger charge is 2.39. The second kappa shape index (κ2) is 6.43. The van der Waals surface area contributed by atoms with Crippen LogP contribution in [0.5, 0.6) is 0 Å². The highest BCUT2D eigenvalue weighted by molar-refractivity contribution is 7.99. The number of amides is 1. The molecule has 0 radical (unpaired) electrons. The molecule has 0 spiro atoms. The molecule has 2 aliphatic heterocycles. The molecule has 0 saturated carbocycles. The van der Waals surface area contributed by atoms with Crippen LogP contribution in [0.1, 0.15) is 38.4 Å². The summed E-state index contributed by atoms with van der Waals surface area (Å²) in [6, 6.07) is 0. The van der Waals surface area contributed by atoms with Crippen molar-refractivity contribution in [2.24, 2.45) is 0 Å². The van der Waals surface area contributed by atoms with E-state index < -0.39 is 15.4 Å². The predicted molar refractivity (Wildman–Crippen MR) is 88.1 cm³/mol. The minimum Gasteiger partial charge on any atom is -0.349 e. The Morgan fingerprint density at radius 2 is 2.17 bits per heavy atom. The summed E-state index contributed by atoms with van der Waals surface area (Å²) < 4.78 is 25.3. The van der Waals surface area contributed by atoms with Crippen LogP contribution < -0.4 is 5.32 Å². The van der Waals surface area contributed by atoms with Crippen LogP contribution in [0.15, 0.2) is 5.16 Å². The van der Waals surface area contributed by atoms with Crippen LogP contribution in [0.25, 0.3) is 0 Å². The quantitative estimate of drug-likeness (QED) is 0.800. The Kier molecular flexibility index (Phi) is 4.68. The molecule has 0 bridgehead atoms. The van der Waals surface area contributed by atoms with E-state index in [1.54, 1.807) is 6.92 Å². The summed E-state index contributed by atoms with van der Waals surface area (Å²) in [5.74, 6) is 1.25. The second-order valence-corrected chi connectivity index (χ2v) is 9.73. The number of hydrogen-bond donors (Lipinski definition) is 1. The van der Waals surface area contributed by atoms with Gasteiger partial charge in [0.25, 0.3) is 0 Å². The molecule has 1 N–H and O–H groups in total. The molecule has 1 fully saturated rings. The number of hydrogen-bond acceptors (Lipinski definition) is 6. The van der Waals surface area contributed by atoms with Crippen LogP contribution in [0, 0.1) is 0 Å². The van der Waals surface area contributed by atoms with E-state index in [2.05, 4.69) is 20.1 Å². The van der Waals surface area contributed by atoms with Crippen LogP contribution in [0.2, 0.25) is 0 Å². The molecule has 0 aliphatic carbocycles. The number of aromatic nitrogens is 3. The van der Waals surface area contributed by atoms with Crippen LogP contribution in [0.3, 0.4) is 0 Å². The number of rotatable bonds is 4. The number of nitrogens with zero attached hydrogens (tertiary/aromatic N) is 3. The first-order chi connectivity index (χ1) is 10.9. The average Bonchev–Trinajstić information content (AvgIpc) is 2.86. The predicted octanol–water partition coefficient (Wildman–Crippen LogP) is 0.790. The molecule has 1 amide bonds. The van der Waals surface area contributed by atoms with Gasteiger partial charge in [-0.3, -0.25) is 4.79 Å². The molecule has 1 aromatic rings. The summed E-state index contributed by atoms with van der Waals surface area (Å²) in [5, 5.41) is 12.0. The van der Waals surface area contributed by atoms with Gasteiger partial charge in [0.1, 0.15) is 5.82 Å². The molecule has 9 heteroatoms. The van der Waals surface area contributed by atoms with Crippen LogP contribution in [-0.2, 0) is 27.6 Å². The fourth-order valence-electron chi connectivity index (χ4n) is 3.18. The van der Waals surface area contributed by atoms with Crippen molar-refractivity contribution < 1.29 is 13.2 Å². The summed E-state index contributed by atoms with van der Waals surface area (Å²) in [5.41, 5.74) is -0.641. The molecule has 23 heavy (non-hydrogen) atoms. The third kappa shape index (κ3) is 4.06. The van der Waals surface area contributed by atoms with E-state index in [0.29, 0.717) is 6.42 Å². The first-order valence-electron chi connectivity index (χ1n) is 7.93. The third-order valence-electron chi connectivity index (χ3n) is 4.35. The monoisotopic (exact) mass is 358 g/mol. The standard InChI is InChI=1S/C14H22N4O3S2/c1-14(6-8-23(20,21)10-14)15-12(19)9-22-13-17-16-11-5-3-2-4-7-18(11)13/h2-10H2,1H3,(H,15,19)/t14-/m1/s1. The van der Waals surface area contributed by atoms with Crippen molar-refractivity contribution in [3.8, 4) is 0 Å². The van der Waals surface area contributed by atoms with E-state index in [-0.39, 0.29) is 23.2 Å². The molecule has 3 rings (SSSR count). The number of thioether (sulfide) groups is 1. The highest BCUT2D eigenvalue weighted by Crippen LogP contribution is 2.24. The molecule has 1 atom stereocenters. The van der Waals surface area contributed by atoms with Crippen LogP contribution >= 0.6 is 11.8 Å². The minimum absolute atomic E-state index is 0.0245. The number of nitrogens with one attached hydrogen (secondary N) is 1. The zero-order valence-corrected chi connectivity index (χ0v) is 14.9. The van der Waals surface area contributed by atoms with Gasteiger partial charge in [0, 0.05) is 13.0 Å². The number of aryl methyl sites for hydroxylation is 1. The van der Waals surface area contributed by atoms with E-state index in [1.807, 2.05) is 0 Å². The van der Waals surface area contributed by atoms with Crippen molar-refractivity contribution in [1.82, 2.24) is 20.1 Å². The topological polar surface area (TPSA) is 93.9 Å². The number of carbonyl (C=O) groups is 1. The highest BCUT2D eigenvalue weighted by atomic mass is 32.2. The number of sulfone groups is 1. The largest absolute Gasteiger partial charge is 0.349 e. The smallest absolute Gasteiger partial charge is 0.230 e. The lowest BCUT2D eigenvalue weighted by atomic mass is 10.0. The van der Waals surface area contributed by atoms with Gasteiger partial charge in [-0.15, -0.1) is 10.2 Å². The van der Waals surface area contributed by atoms with E-state index in [1.165, 1.54) is 18.2 Å². The fraction of sp³-hybridized carbons (Fsp3) is 0.786. The van der Waals surface area contributed by atoms with Gasteiger partial charge in [-0.1, -0.05) is 18.2 Å². The van der Waals surface area contributed by atoms with Gasteiger partial charge < -0.3 is 9.88 Å². The molecule has 0 aromatic carbocycles. The summed E-state index contributed by atoms with van der Waals surface area (Å²) in [7, 11) is -3.02. The van der Waals surface area contributed by atoms with Gasteiger partial charge in [0.2, 0.25) is 5.91 Å². The normalized spacial score (nSPS) is 26.5.